The van der Waals surface area contributed by atoms with Gasteiger partial charge in [-0.2, -0.15) is 0 Å². The van der Waals surface area contributed by atoms with E-state index in [4.69, 9.17) is 9.40 Å². The molecule has 0 amide bonds. The minimum absolute atomic E-state index is 0.680. The molecule has 3 heterocycles. The molecule has 2 aromatic carbocycles. The summed E-state index contributed by atoms with van der Waals surface area (Å²) in [6.07, 6.45) is 1.96. The van der Waals surface area contributed by atoms with Crippen LogP contribution in [-0.2, 0) is 0 Å². The van der Waals surface area contributed by atoms with Gasteiger partial charge >= 0.3 is 0 Å². The maximum absolute atomic E-state index is 6.20. The van der Waals surface area contributed by atoms with E-state index >= 15 is 0 Å². The molecule has 0 aliphatic heterocycles. The first-order chi connectivity index (χ1) is 13.6. The van der Waals surface area contributed by atoms with Crippen LogP contribution in [0.5, 0.6) is 0 Å². The van der Waals surface area contributed by atoms with E-state index in [0.717, 1.165) is 44.4 Å². The van der Waals surface area contributed by atoms with E-state index in [1.807, 2.05) is 25.3 Å². The van der Waals surface area contributed by atoms with Crippen LogP contribution in [0.4, 0.5) is 0 Å². The summed E-state index contributed by atoms with van der Waals surface area (Å²) < 4.78 is 6.20. The van der Waals surface area contributed by atoms with Gasteiger partial charge in [-0.3, -0.25) is 4.98 Å². The second-order valence-electron chi connectivity index (χ2n) is 7.29. The van der Waals surface area contributed by atoms with Crippen molar-refractivity contribution >= 4 is 22.1 Å². The van der Waals surface area contributed by atoms with Gasteiger partial charge in [-0.15, -0.1) is 0 Å². The van der Waals surface area contributed by atoms with Crippen LogP contribution in [0.1, 0.15) is 16.8 Å². The first-order valence-corrected chi connectivity index (χ1v) is 9.44. The van der Waals surface area contributed by atoms with Crippen molar-refractivity contribution in [2.75, 3.05) is 0 Å². The third-order valence-electron chi connectivity index (χ3n) is 5.31. The molecule has 3 aromatic heterocycles. The molecule has 136 valence electrons. The average molecular weight is 364 g/mol. The van der Waals surface area contributed by atoms with Gasteiger partial charge in [0.25, 0.3) is 0 Å². The Morgan fingerprint density at radius 3 is 2.36 bits per heavy atom. The molecule has 0 N–H and O–H groups in total. The van der Waals surface area contributed by atoms with Gasteiger partial charge in [0.1, 0.15) is 5.58 Å². The topological polar surface area (TPSA) is 38.9 Å². The third-order valence-corrected chi connectivity index (χ3v) is 5.31. The van der Waals surface area contributed by atoms with E-state index in [0.29, 0.717) is 5.71 Å². The molecule has 28 heavy (non-hydrogen) atoms. The highest BCUT2D eigenvalue weighted by molar-refractivity contribution is 6.09. The summed E-state index contributed by atoms with van der Waals surface area (Å²) in [7, 11) is 0. The molecule has 3 nitrogen and oxygen atoms in total. The molecular weight excluding hydrogens is 344 g/mol. The number of furan rings is 1. The van der Waals surface area contributed by atoms with E-state index in [2.05, 4.69) is 67.4 Å². The molecule has 0 fully saturated rings. The molecule has 5 aromatic rings. The van der Waals surface area contributed by atoms with Gasteiger partial charge in [0.2, 0.25) is 5.71 Å². The number of rotatable bonds is 2. The standard InChI is InChI=1S/C25H20N2O/c1-15-9-11-19-20-12-10-17(3)27-25(20)28-24(19)23(15)22-13-16(2)21(14-26-22)18-7-5-4-6-8-18/h4-14H,1-3H3. The third kappa shape index (κ3) is 2.59. The van der Waals surface area contributed by atoms with Crippen LogP contribution in [-0.4, -0.2) is 9.97 Å². The molecule has 0 saturated carbocycles. The number of hydrogen-bond donors (Lipinski definition) is 0. The monoisotopic (exact) mass is 364 g/mol. The Bertz CT molecular complexity index is 1330. The maximum Gasteiger partial charge on any atom is 0.227 e. The van der Waals surface area contributed by atoms with Gasteiger partial charge < -0.3 is 4.42 Å². The van der Waals surface area contributed by atoms with Gasteiger partial charge in [0, 0.05) is 33.8 Å². The van der Waals surface area contributed by atoms with E-state index in [9.17, 15) is 0 Å². The van der Waals surface area contributed by atoms with Gasteiger partial charge in [0.15, 0.2) is 0 Å². The molecule has 0 radical (unpaired) electrons. The minimum Gasteiger partial charge on any atom is -0.437 e. The van der Waals surface area contributed by atoms with Crippen LogP contribution in [0.3, 0.4) is 0 Å². The lowest BCUT2D eigenvalue weighted by molar-refractivity contribution is 0.653. The van der Waals surface area contributed by atoms with Crippen molar-refractivity contribution in [3.8, 4) is 22.4 Å². The molecule has 0 aliphatic rings. The predicted molar refractivity (Wildman–Crippen MR) is 114 cm³/mol. The van der Waals surface area contributed by atoms with E-state index in [-0.39, 0.29) is 0 Å². The van der Waals surface area contributed by atoms with Gasteiger partial charge in [-0.25, -0.2) is 4.98 Å². The zero-order valence-corrected chi connectivity index (χ0v) is 16.2. The summed E-state index contributed by atoms with van der Waals surface area (Å²) in [4.78, 5) is 9.37. The summed E-state index contributed by atoms with van der Waals surface area (Å²) in [5.41, 5.74) is 9.11. The molecule has 0 atom stereocenters. The second kappa shape index (κ2) is 6.31. The Morgan fingerprint density at radius 1 is 0.786 bits per heavy atom. The first kappa shape index (κ1) is 16.7. The van der Waals surface area contributed by atoms with Crippen molar-refractivity contribution in [1.29, 1.82) is 0 Å². The molecule has 0 aliphatic carbocycles. The van der Waals surface area contributed by atoms with Crippen molar-refractivity contribution < 1.29 is 4.42 Å². The normalized spacial score (nSPS) is 11.4. The molecule has 0 spiro atoms. The fourth-order valence-corrected chi connectivity index (χ4v) is 3.84. The van der Waals surface area contributed by atoms with Crippen molar-refractivity contribution in [3.63, 3.8) is 0 Å². The van der Waals surface area contributed by atoms with E-state index < -0.39 is 0 Å². The predicted octanol–water partition coefficient (Wildman–Crippen LogP) is 6.64. The lowest BCUT2D eigenvalue weighted by Gasteiger charge is -2.10. The zero-order chi connectivity index (χ0) is 19.3. The van der Waals surface area contributed by atoms with Crippen LogP contribution in [0, 0.1) is 20.8 Å². The first-order valence-electron chi connectivity index (χ1n) is 9.44. The number of pyridine rings is 2. The second-order valence-corrected chi connectivity index (χ2v) is 7.29. The molecular formula is C25H20N2O. The molecule has 0 bridgehead atoms. The number of aromatic nitrogens is 2. The SMILES string of the molecule is Cc1ccc2c(n1)oc1c(-c3cc(C)c(-c4ccccc4)cn3)c(C)ccc12. The Morgan fingerprint density at radius 2 is 1.57 bits per heavy atom. The van der Waals surface area contributed by atoms with Crippen LogP contribution in [0.25, 0.3) is 44.5 Å². The molecule has 0 saturated heterocycles. The number of aryl methyl sites for hydroxylation is 3. The van der Waals surface area contributed by atoms with Crippen molar-refractivity contribution in [1.82, 2.24) is 9.97 Å². The Kier molecular flexibility index (Phi) is 3.76. The number of fused-ring (bicyclic) bond motifs is 3. The fourth-order valence-electron chi connectivity index (χ4n) is 3.84. The van der Waals surface area contributed by atoms with Crippen LogP contribution in [0.2, 0.25) is 0 Å². The van der Waals surface area contributed by atoms with Crippen LogP contribution in [0.15, 0.2) is 71.3 Å². The maximum atomic E-state index is 6.20. The number of nitrogens with zero attached hydrogens (tertiary/aromatic N) is 2. The highest BCUT2D eigenvalue weighted by Crippen LogP contribution is 2.37. The average Bonchev–Trinajstić information content (AvgIpc) is 3.05. The van der Waals surface area contributed by atoms with Crippen LogP contribution < -0.4 is 0 Å². The minimum atomic E-state index is 0.680. The summed E-state index contributed by atoms with van der Waals surface area (Å²) in [6, 6.07) is 20.9. The fraction of sp³-hybridized carbons (Fsp3) is 0.120. The van der Waals surface area contributed by atoms with E-state index in [1.54, 1.807) is 0 Å². The number of benzene rings is 2. The van der Waals surface area contributed by atoms with Gasteiger partial charge in [0.05, 0.1) is 5.69 Å². The molecule has 0 unspecified atom stereocenters. The summed E-state index contributed by atoms with van der Waals surface area (Å²) in [5.74, 6) is 0. The molecule has 5 rings (SSSR count). The Labute approximate surface area is 163 Å². The smallest absolute Gasteiger partial charge is 0.227 e. The zero-order valence-electron chi connectivity index (χ0n) is 16.2. The van der Waals surface area contributed by atoms with Crippen molar-refractivity contribution in [2.24, 2.45) is 0 Å². The van der Waals surface area contributed by atoms with Crippen LogP contribution >= 0.6 is 0 Å². The number of hydrogen-bond acceptors (Lipinski definition) is 3. The Balaban J connectivity index is 1.74. The Hall–Kier alpha value is -3.46. The highest BCUT2D eigenvalue weighted by Gasteiger charge is 2.17. The largest absolute Gasteiger partial charge is 0.437 e. The molecule has 3 heteroatoms. The summed E-state index contributed by atoms with van der Waals surface area (Å²) in [6.45, 7) is 6.21. The van der Waals surface area contributed by atoms with Gasteiger partial charge in [-0.1, -0.05) is 42.5 Å². The summed E-state index contributed by atoms with van der Waals surface area (Å²) in [5, 5.41) is 2.12. The van der Waals surface area contributed by atoms with E-state index in [1.165, 1.54) is 11.1 Å². The van der Waals surface area contributed by atoms with Gasteiger partial charge in [-0.05, 0) is 55.7 Å². The van der Waals surface area contributed by atoms with Crippen molar-refractivity contribution in [3.05, 3.63) is 83.7 Å². The quantitative estimate of drug-likeness (QED) is 0.353. The lowest BCUT2D eigenvalue weighted by Crippen LogP contribution is -1.92. The van der Waals surface area contributed by atoms with Crippen molar-refractivity contribution in [2.45, 2.75) is 20.8 Å². The summed E-state index contributed by atoms with van der Waals surface area (Å²) >= 11 is 0. The highest BCUT2D eigenvalue weighted by atomic mass is 16.3. The lowest BCUT2D eigenvalue weighted by atomic mass is 9.97.